The normalized spacial score (nSPS) is 14.2. The standard InChI is InChI=1S/C26H21FO3/c1-16-6-9-20(10-7-16)30-21-5-3-4-18(12-21)13-23-17(2)24(15-26(28)29)25-14-19(27)8-11-22(23)25/h3-14H,15H2,1-2H3,(H,28,29)/b23-13-. The fraction of sp³-hybridized carbons (Fsp3) is 0.115. The minimum absolute atomic E-state index is 0.143. The number of halogens is 1. The van der Waals surface area contributed by atoms with E-state index in [0.717, 1.165) is 33.6 Å². The van der Waals surface area contributed by atoms with E-state index in [1.807, 2.05) is 68.5 Å². The molecule has 0 heterocycles. The molecule has 0 unspecified atom stereocenters. The molecule has 4 heteroatoms. The Labute approximate surface area is 174 Å². The molecule has 3 aromatic rings. The van der Waals surface area contributed by atoms with Crippen LogP contribution >= 0.6 is 0 Å². The van der Waals surface area contributed by atoms with E-state index in [9.17, 15) is 14.3 Å². The maximum atomic E-state index is 13.8. The average molecular weight is 400 g/mol. The highest BCUT2D eigenvalue weighted by molar-refractivity contribution is 6.07. The monoisotopic (exact) mass is 400 g/mol. The van der Waals surface area contributed by atoms with Crippen molar-refractivity contribution in [3.63, 3.8) is 0 Å². The summed E-state index contributed by atoms with van der Waals surface area (Å²) in [7, 11) is 0. The van der Waals surface area contributed by atoms with E-state index < -0.39 is 5.97 Å². The number of allylic oxidation sites excluding steroid dienone is 2. The van der Waals surface area contributed by atoms with Gasteiger partial charge >= 0.3 is 5.97 Å². The summed E-state index contributed by atoms with van der Waals surface area (Å²) in [5, 5.41) is 9.29. The summed E-state index contributed by atoms with van der Waals surface area (Å²) in [5.74, 6) is 0.151. The minimum Gasteiger partial charge on any atom is -0.481 e. The van der Waals surface area contributed by atoms with Gasteiger partial charge in [0.1, 0.15) is 17.3 Å². The van der Waals surface area contributed by atoms with Crippen molar-refractivity contribution in [2.75, 3.05) is 0 Å². The van der Waals surface area contributed by atoms with Gasteiger partial charge in [-0.25, -0.2) is 4.39 Å². The molecule has 0 atom stereocenters. The number of hydrogen-bond donors (Lipinski definition) is 1. The number of carbonyl (C=O) groups is 1. The van der Waals surface area contributed by atoms with Gasteiger partial charge in [-0.1, -0.05) is 35.9 Å². The molecule has 4 rings (SSSR count). The highest BCUT2D eigenvalue weighted by Gasteiger charge is 2.25. The van der Waals surface area contributed by atoms with Gasteiger partial charge in [0.25, 0.3) is 0 Å². The Morgan fingerprint density at radius 2 is 1.73 bits per heavy atom. The third-order valence-corrected chi connectivity index (χ3v) is 5.21. The Hall–Kier alpha value is -3.66. The van der Waals surface area contributed by atoms with Gasteiger partial charge in [0.05, 0.1) is 6.42 Å². The van der Waals surface area contributed by atoms with E-state index in [0.29, 0.717) is 16.9 Å². The van der Waals surface area contributed by atoms with Crippen LogP contribution in [0.2, 0.25) is 0 Å². The highest BCUT2D eigenvalue weighted by atomic mass is 19.1. The number of aliphatic carboxylic acids is 1. The van der Waals surface area contributed by atoms with E-state index in [-0.39, 0.29) is 12.2 Å². The summed E-state index contributed by atoms with van der Waals surface area (Å²) < 4.78 is 19.8. The number of carboxylic acid groups (broad SMARTS) is 1. The Balaban J connectivity index is 1.71. The number of benzene rings is 3. The van der Waals surface area contributed by atoms with Crippen molar-refractivity contribution in [2.24, 2.45) is 0 Å². The maximum absolute atomic E-state index is 13.8. The van der Waals surface area contributed by atoms with Crippen LogP contribution in [0, 0.1) is 12.7 Å². The number of aryl methyl sites for hydroxylation is 1. The molecule has 0 saturated carbocycles. The van der Waals surface area contributed by atoms with Crippen molar-refractivity contribution < 1.29 is 19.0 Å². The molecule has 0 amide bonds. The molecular weight excluding hydrogens is 379 g/mol. The second-order valence-corrected chi connectivity index (χ2v) is 7.41. The maximum Gasteiger partial charge on any atom is 0.307 e. The Morgan fingerprint density at radius 1 is 0.967 bits per heavy atom. The predicted molar refractivity (Wildman–Crippen MR) is 117 cm³/mol. The fourth-order valence-electron chi connectivity index (χ4n) is 3.71. The van der Waals surface area contributed by atoms with Crippen molar-refractivity contribution in [2.45, 2.75) is 20.3 Å². The number of carboxylic acids is 1. The zero-order chi connectivity index (χ0) is 21.3. The van der Waals surface area contributed by atoms with Crippen LogP contribution in [0.1, 0.15) is 35.6 Å². The number of ether oxygens (including phenoxy) is 1. The molecule has 3 aromatic carbocycles. The lowest BCUT2D eigenvalue weighted by molar-refractivity contribution is -0.135. The van der Waals surface area contributed by atoms with Crippen molar-refractivity contribution in [1.29, 1.82) is 0 Å². The van der Waals surface area contributed by atoms with Gasteiger partial charge < -0.3 is 9.84 Å². The van der Waals surface area contributed by atoms with E-state index in [1.165, 1.54) is 12.1 Å². The van der Waals surface area contributed by atoms with E-state index >= 15 is 0 Å². The molecule has 30 heavy (non-hydrogen) atoms. The summed E-state index contributed by atoms with van der Waals surface area (Å²) >= 11 is 0. The number of rotatable bonds is 5. The summed E-state index contributed by atoms with van der Waals surface area (Å²) in [6, 6.07) is 20.0. The summed E-state index contributed by atoms with van der Waals surface area (Å²) in [4.78, 5) is 11.3. The molecule has 0 aliphatic heterocycles. The van der Waals surface area contributed by atoms with Crippen LogP contribution in [-0.2, 0) is 4.79 Å². The zero-order valence-corrected chi connectivity index (χ0v) is 16.8. The SMILES string of the molecule is CC1=C(CC(=O)O)c2cc(F)ccc2/C1=C\c1cccc(Oc2ccc(C)cc2)c1. The topological polar surface area (TPSA) is 46.5 Å². The van der Waals surface area contributed by atoms with E-state index in [2.05, 4.69) is 0 Å². The highest BCUT2D eigenvalue weighted by Crippen LogP contribution is 2.44. The first kappa shape index (κ1) is 19.6. The quantitative estimate of drug-likeness (QED) is 0.516. The zero-order valence-electron chi connectivity index (χ0n) is 16.8. The second kappa shape index (κ2) is 7.99. The van der Waals surface area contributed by atoms with Crippen LogP contribution in [-0.4, -0.2) is 11.1 Å². The van der Waals surface area contributed by atoms with Gasteiger partial charge in [0.2, 0.25) is 0 Å². The first-order chi connectivity index (χ1) is 14.4. The lowest BCUT2D eigenvalue weighted by Crippen LogP contribution is -1.97. The van der Waals surface area contributed by atoms with Crippen molar-refractivity contribution >= 4 is 23.2 Å². The lowest BCUT2D eigenvalue weighted by Gasteiger charge is -2.08. The van der Waals surface area contributed by atoms with Gasteiger partial charge in [-0.2, -0.15) is 0 Å². The molecule has 0 radical (unpaired) electrons. The number of fused-ring (bicyclic) bond motifs is 1. The molecule has 0 fully saturated rings. The molecule has 1 aliphatic carbocycles. The summed E-state index contributed by atoms with van der Waals surface area (Å²) in [6.45, 7) is 3.91. The molecule has 0 aromatic heterocycles. The Kier molecular flexibility index (Phi) is 5.23. The third-order valence-electron chi connectivity index (χ3n) is 5.21. The molecule has 0 bridgehead atoms. The van der Waals surface area contributed by atoms with Gasteiger partial charge in [0.15, 0.2) is 0 Å². The second-order valence-electron chi connectivity index (χ2n) is 7.41. The Bertz CT molecular complexity index is 1190. The molecule has 3 nitrogen and oxygen atoms in total. The first-order valence-corrected chi connectivity index (χ1v) is 9.69. The van der Waals surface area contributed by atoms with Crippen LogP contribution < -0.4 is 4.74 Å². The molecule has 150 valence electrons. The largest absolute Gasteiger partial charge is 0.481 e. The Morgan fingerprint density at radius 3 is 2.47 bits per heavy atom. The summed E-state index contributed by atoms with van der Waals surface area (Å²) in [5.41, 5.74) is 5.97. The first-order valence-electron chi connectivity index (χ1n) is 9.69. The van der Waals surface area contributed by atoms with E-state index in [1.54, 1.807) is 6.07 Å². The molecule has 0 spiro atoms. The van der Waals surface area contributed by atoms with E-state index in [4.69, 9.17) is 4.74 Å². The molecular formula is C26H21FO3. The fourth-order valence-corrected chi connectivity index (χ4v) is 3.71. The number of hydrogen-bond acceptors (Lipinski definition) is 2. The molecule has 1 N–H and O–H groups in total. The van der Waals surface area contributed by atoms with Crippen molar-refractivity contribution in [1.82, 2.24) is 0 Å². The minimum atomic E-state index is -0.936. The van der Waals surface area contributed by atoms with Gasteiger partial charge in [-0.05, 0) is 89.7 Å². The molecule has 0 saturated heterocycles. The third kappa shape index (κ3) is 4.03. The van der Waals surface area contributed by atoms with Gasteiger partial charge in [-0.15, -0.1) is 0 Å². The van der Waals surface area contributed by atoms with Crippen LogP contribution in [0.25, 0.3) is 17.2 Å². The van der Waals surface area contributed by atoms with Crippen molar-refractivity contribution in [3.8, 4) is 11.5 Å². The summed E-state index contributed by atoms with van der Waals surface area (Å²) in [6.07, 6.45) is 1.85. The van der Waals surface area contributed by atoms with Crippen LogP contribution in [0.15, 0.2) is 72.3 Å². The average Bonchev–Trinajstić information content (AvgIpc) is 2.95. The predicted octanol–water partition coefficient (Wildman–Crippen LogP) is 6.73. The smallest absolute Gasteiger partial charge is 0.307 e. The molecule has 1 aliphatic rings. The van der Waals surface area contributed by atoms with Crippen LogP contribution in [0.4, 0.5) is 4.39 Å². The van der Waals surface area contributed by atoms with Gasteiger partial charge in [-0.3, -0.25) is 4.79 Å². The van der Waals surface area contributed by atoms with Crippen molar-refractivity contribution in [3.05, 3.63) is 100 Å². The van der Waals surface area contributed by atoms with Crippen LogP contribution in [0.3, 0.4) is 0 Å². The lowest BCUT2D eigenvalue weighted by atomic mass is 10.0. The van der Waals surface area contributed by atoms with Gasteiger partial charge in [0, 0.05) is 0 Å². The van der Waals surface area contributed by atoms with Crippen LogP contribution in [0.5, 0.6) is 11.5 Å².